The standard InChI is InChI=1S/C15H14ClIN2O/c16-15-13(17)14(10-5-2-1-3-6-10)18-12(19-15)9-11-7-4-8-20-11/h1-3,5-6,11H,4,7-9H2. The predicted molar refractivity (Wildman–Crippen MR) is 87.9 cm³/mol. The third kappa shape index (κ3) is 3.13. The minimum Gasteiger partial charge on any atom is -0.378 e. The van der Waals surface area contributed by atoms with E-state index >= 15 is 0 Å². The Hall–Kier alpha value is -0.720. The number of benzene rings is 1. The zero-order chi connectivity index (χ0) is 13.9. The van der Waals surface area contributed by atoms with E-state index in [0.29, 0.717) is 5.15 Å². The number of aromatic nitrogens is 2. The average Bonchev–Trinajstić information content (AvgIpc) is 2.96. The Morgan fingerprint density at radius 1 is 1.25 bits per heavy atom. The molecule has 0 aliphatic carbocycles. The fourth-order valence-corrected chi connectivity index (χ4v) is 3.09. The Balaban J connectivity index is 1.95. The van der Waals surface area contributed by atoms with Crippen LogP contribution in [0.15, 0.2) is 30.3 Å². The molecule has 104 valence electrons. The Morgan fingerprint density at radius 2 is 2.05 bits per heavy atom. The minimum absolute atomic E-state index is 0.231. The smallest absolute Gasteiger partial charge is 0.146 e. The van der Waals surface area contributed by atoms with E-state index in [9.17, 15) is 0 Å². The van der Waals surface area contributed by atoms with Gasteiger partial charge in [-0.1, -0.05) is 41.9 Å². The van der Waals surface area contributed by atoms with Crippen molar-refractivity contribution >= 4 is 34.2 Å². The Kier molecular flexibility index (Phi) is 4.53. The molecule has 1 aliphatic rings. The van der Waals surface area contributed by atoms with Crippen molar-refractivity contribution in [2.45, 2.75) is 25.4 Å². The molecule has 3 rings (SSSR count). The molecule has 2 aromatic rings. The molecule has 0 amide bonds. The van der Waals surface area contributed by atoms with E-state index in [1.54, 1.807) is 0 Å². The summed E-state index contributed by atoms with van der Waals surface area (Å²) in [6.07, 6.45) is 3.16. The summed E-state index contributed by atoms with van der Waals surface area (Å²) in [5.74, 6) is 0.765. The maximum absolute atomic E-state index is 6.25. The molecule has 1 fully saturated rings. The van der Waals surface area contributed by atoms with Crippen molar-refractivity contribution in [3.05, 3.63) is 44.9 Å². The number of nitrogens with zero attached hydrogens (tertiary/aromatic N) is 2. The molecule has 0 bridgehead atoms. The average molecular weight is 401 g/mol. The number of halogens is 2. The van der Waals surface area contributed by atoms with Crippen molar-refractivity contribution in [3.63, 3.8) is 0 Å². The third-order valence-electron chi connectivity index (χ3n) is 3.34. The first-order chi connectivity index (χ1) is 9.74. The van der Waals surface area contributed by atoms with Gasteiger partial charge in [-0.25, -0.2) is 9.97 Å². The molecule has 0 radical (unpaired) electrons. The summed E-state index contributed by atoms with van der Waals surface area (Å²) in [7, 11) is 0. The number of hydrogen-bond donors (Lipinski definition) is 0. The summed E-state index contributed by atoms with van der Waals surface area (Å²) in [6, 6.07) is 10.1. The SMILES string of the molecule is Clc1nc(CC2CCCO2)nc(-c2ccccc2)c1I. The normalized spacial score (nSPS) is 18.4. The summed E-state index contributed by atoms with van der Waals surface area (Å²) in [4.78, 5) is 9.07. The van der Waals surface area contributed by atoms with E-state index < -0.39 is 0 Å². The lowest BCUT2D eigenvalue weighted by atomic mass is 10.1. The van der Waals surface area contributed by atoms with Gasteiger partial charge in [-0.2, -0.15) is 0 Å². The van der Waals surface area contributed by atoms with Crippen molar-refractivity contribution in [1.29, 1.82) is 0 Å². The van der Waals surface area contributed by atoms with Gasteiger partial charge >= 0.3 is 0 Å². The highest BCUT2D eigenvalue weighted by molar-refractivity contribution is 14.1. The van der Waals surface area contributed by atoms with Crippen molar-refractivity contribution in [2.24, 2.45) is 0 Å². The minimum atomic E-state index is 0.231. The van der Waals surface area contributed by atoms with Crippen LogP contribution in [0.2, 0.25) is 5.15 Å². The summed E-state index contributed by atoms with van der Waals surface area (Å²) >= 11 is 8.46. The molecule has 5 heteroatoms. The largest absolute Gasteiger partial charge is 0.378 e. The maximum atomic E-state index is 6.25. The quantitative estimate of drug-likeness (QED) is 0.574. The second-order valence-electron chi connectivity index (χ2n) is 4.80. The van der Waals surface area contributed by atoms with Gasteiger partial charge in [0.2, 0.25) is 0 Å². The van der Waals surface area contributed by atoms with Gasteiger partial charge in [-0.15, -0.1) is 0 Å². The Bertz CT molecular complexity index is 600. The summed E-state index contributed by atoms with van der Waals surface area (Å²) < 4.78 is 6.54. The van der Waals surface area contributed by atoms with E-state index in [1.807, 2.05) is 30.3 Å². The highest BCUT2D eigenvalue weighted by atomic mass is 127. The summed E-state index contributed by atoms with van der Waals surface area (Å²) in [6.45, 7) is 0.842. The number of hydrogen-bond acceptors (Lipinski definition) is 3. The molecule has 0 spiro atoms. The van der Waals surface area contributed by atoms with E-state index in [-0.39, 0.29) is 6.10 Å². The lowest BCUT2D eigenvalue weighted by molar-refractivity contribution is 0.110. The van der Waals surface area contributed by atoms with Crippen LogP contribution in [-0.4, -0.2) is 22.7 Å². The molecule has 1 aromatic heterocycles. The molecule has 1 unspecified atom stereocenters. The fourth-order valence-electron chi connectivity index (χ4n) is 2.35. The van der Waals surface area contributed by atoms with Crippen LogP contribution in [0.1, 0.15) is 18.7 Å². The molecule has 0 saturated carbocycles. The van der Waals surface area contributed by atoms with Gasteiger partial charge in [0.1, 0.15) is 11.0 Å². The topological polar surface area (TPSA) is 35.0 Å². The first kappa shape index (κ1) is 14.2. The molecule has 1 atom stereocenters. The summed E-state index contributed by atoms with van der Waals surface area (Å²) in [5, 5.41) is 0.521. The first-order valence-corrected chi connectivity index (χ1v) is 8.08. The second kappa shape index (κ2) is 6.37. The zero-order valence-electron chi connectivity index (χ0n) is 10.9. The Labute approximate surface area is 136 Å². The van der Waals surface area contributed by atoms with Crippen molar-refractivity contribution < 1.29 is 4.74 Å². The van der Waals surface area contributed by atoms with Crippen LogP contribution in [0.4, 0.5) is 0 Å². The van der Waals surface area contributed by atoms with E-state index in [2.05, 4.69) is 32.6 Å². The highest BCUT2D eigenvalue weighted by Gasteiger charge is 2.19. The van der Waals surface area contributed by atoms with E-state index in [0.717, 1.165) is 46.5 Å². The molecule has 20 heavy (non-hydrogen) atoms. The van der Waals surface area contributed by atoms with Gasteiger partial charge in [0.05, 0.1) is 15.4 Å². The van der Waals surface area contributed by atoms with E-state index in [4.69, 9.17) is 16.3 Å². The predicted octanol–water partition coefficient (Wildman–Crippen LogP) is 4.12. The van der Waals surface area contributed by atoms with E-state index in [1.165, 1.54) is 0 Å². The van der Waals surface area contributed by atoms with Crippen molar-refractivity contribution in [1.82, 2.24) is 9.97 Å². The molecule has 2 heterocycles. The molecular weight excluding hydrogens is 387 g/mol. The van der Waals surface area contributed by atoms with Crippen LogP contribution in [0, 0.1) is 3.57 Å². The van der Waals surface area contributed by atoms with Crippen LogP contribution in [0.25, 0.3) is 11.3 Å². The van der Waals surface area contributed by atoms with Crippen LogP contribution in [0.5, 0.6) is 0 Å². The highest BCUT2D eigenvalue weighted by Crippen LogP contribution is 2.28. The molecular formula is C15H14ClIN2O. The molecule has 1 aromatic carbocycles. The number of rotatable bonds is 3. The molecule has 0 N–H and O–H groups in total. The molecule has 1 aliphatic heterocycles. The molecule has 1 saturated heterocycles. The summed E-state index contributed by atoms with van der Waals surface area (Å²) in [5.41, 5.74) is 1.97. The van der Waals surface area contributed by atoms with Gasteiger partial charge in [0.15, 0.2) is 0 Å². The van der Waals surface area contributed by atoms with Crippen LogP contribution in [0.3, 0.4) is 0 Å². The zero-order valence-corrected chi connectivity index (χ0v) is 13.8. The van der Waals surface area contributed by atoms with Crippen LogP contribution >= 0.6 is 34.2 Å². The number of ether oxygens (including phenoxy) is 1. The van der Waals surface area contributed by atoms with Gasteiger partial charge in [-0.3, -0.25) is 0 Å². The van der Waals surface area contributed by atoms with Gasteiger partial charge < -0.3 is 4.74 Å². The lowest BCUT2D eigenvalue weighted by Gasteiger charge is -2.11. The van der Waals surface area contributed by atoms with Gasteiger partial charge in [0, 0.05) is 18.6 Å². The first-order valence-electron chi connectivity index (χ1n) is 6.63. The van der Waals surface area contributed by atoms with Gasteiger partial charge in [0.25, 0.3) is 0 Å². The molecule has 3 nitrogen and oxygen atoms in total. The fraction of sp³-hybridized carbons (Fsp3) is 0.333. The van der Waals surface area contributed by atoms with Crippen molar-refractivity contribution in [2.75, 3.05) is 6.61 Å². The maximum Gasteiger partial charge on any atom is 0.146 e. The Morgan fingerprint density at radius 3 is 2.75 bits per heavy atom. The monoisotopic (exact) mass is 400 g/mol. The van der Waals surface area contributed by atoms with Gasteiger partial charge in [-0.05, 0) is 35.4 Å². The lowest BCUT2D eigenvalue weighted by Crippen LogP contribution is -2.12. The second-order valence-corrected chi connectivity index (χ2v) is 6.24. The van der Waals surface area contributed by atoms with Crippen LogP contribution in [-0.2, 0) is 11.2 Å². The van der Waals surface area contributed by atoms with Crippen LogP contribution < -0.4 is 0 Å². The van der Waals surface area contributed by atoms with Crippen molar-refractivity contribution in [3.8, 4) is 11.3 Å². The third-order valence-corrected chi connectivity index (χ3v) is 4.95.